The lowest BCUT2D eigenvalue weighted by Crippen LogP contribution is -2.46. The van der Waals surface area contributed by atoms with Gasteiger partial charge in [-0.1, -0.05) is 12.1 Å². The molecule has 2 N–H and O–H groups in total. The monoisotopic (exact) mass is 275 g/mol. The second-order valence-electron chi connectivity index (χ2n) is 4.75. The Balaban J connectivity index is 1.92. The van der Waals surface area contributed by atoms with Crippen molar-refractivity contribution in [2.24, 2.45) is 0 Å². The number of hydrogen-bond acceptors (Lipinski definition) is 3. The number of nitrogens with one attached hydrogen (secondary N) is 1. The summed E-state index contributed by atoms with van der Waals surface area (Å²) < 4.78 is 43.0. The molecular formula is C13H16F3NO2. The molecule has 1 aromatic rings. The Labute approximate surface area is 109 Å². The van der Waals surface area contributed by atoms with E-state index in [9.17, 15) is 18.3 Å². The number of β-amino-alcohol motifs (C(OH)–C–C–N with tert-alkyl or cyclic N) is 1. The highest BCUT2D eigenvalue weighted by molar-refractivity contribution is 5.28. The third-order valence-corrected chi connectivity index (χ3v) is 3.43. The first-order valence-electron chi connectivity index (χ1n) is 6.02. The van der Waals surface area contributed by atoms with Crippen LogP contribution in [0.3, 0.4) is 0 Å². The van der Waals surface area contributed by atoms with Crippen molar-refractivity contribution >= 4 is 0 Å². The third kappa shape index (κ3) is 3.01. The summed E-state index contributed by atoms with van der Waals surface area (Å²) in [5.74, 6) is 0.637. The summed E-state index contributed by atoms with van der Waals surface area (Å²) in [6.45, 7) is -0.119. The van der Waals surface area contributed by atoms with Crippen LogP contribution < -0.4 is 10.1 Å². The highest BCUT2D eigenvalue weighted by Gasteiger charge is 2.63. The minimum Gasteiger partial charge on any atom is -0.497 e. The largest absolute Gasteiger partial charge is 0.497 e. The fourth-order valence-corrected chi connectivity index (χ4v) is 1.92. The van der Waals surface area contributed by atoms with Crippen molar-refractivity contribution in [1.82, 2.24) is 5.32 Å². The molecule has 1 unspecified atom stereocenters. The summed E-state index contributed by atoms with van der Waals surface area (Å²) in [6.07, 6.45) is -5.07. The molecule has 1 aliphatic carbocycles. The molecule has 6 heteroatoms. The summed E-state index contributed by atoms with van der Waals surface area (Å²) in [4.78, 5) is 0. The molecule has 0 saturated heterocycles. The van der Waals surface area contributed by atoms with Gasteiger partial charge in [-0.15, -0.1) is 0 Å². The fourth-order valence-electron chi connectivity index (χ4n) is 1.92. The Morgan fingerprint density at radius 1 is 1.32 bits per heavy atom. The van der Waals surface area contributed by atoms with Gasteiger partial charge in [-0.3, -0.25) is 0 Å². The molecule has 1 atom stereocenters. The van der Waals surface area contributed by atoms with Crippen LogP contribution in [0.25, 0.3) is 0 Å². The molecule has 0 heterocycles. The van der Waals surface area contributed by atoms with Crippen LogP contribution >= 0.6 is 0 Å². The first-order valence-corrected chi connectivity index (χ1v) is 6.02. The second-order valence-corrected chi connectivity index (χ2v) is 4.75. The Morgan fingerprint density at radius 3 is 2.32 bits per heavy atom. The third-order valence-electron chi connectivity index (χ3n) is 3.43. The molecule has 1 saturated carbocycles. The van der Waals surface area contributed by atoms with Crippen molar-refractivity contribution in [3.8, 4) is 5.75 Å². The van der Waals surface area contributed by atoms with Crippen LogP contribution in [0.15, 0.2) is 24.3 Å². The molecule has 0 bridgehead atoms. The summed E-state index contributed by atoms with van der Waals surface area (Å²) in [5.41, 5.74) is -1.23. The Hall–Kier alpha value is -1.27. The second kappa shape index (κ2) is 5.02. The van der Waals surface area contributed by atoms with Crippen LogP contribution in [0.4, 0.5) is 13.2 Å². The standard InChI is InChI=1S/C13H16F3NO2/c1-19-10-4-2-9(3-5-10)11(18)8-17-12(6-7-12)13(14,15)16/h2-5,11,17-18H,6-8H2,1H3. The van der Waals surface area contributed by atoms with Crippen LogP contribution in [0.1, 0.15) is 24.5 Å². The van der Waals surface area contributed by atoms with E-state index in [4.69, 9.17) is 4.74 Å². The van der Waals surface area contributed by atoms with Crippen molar-refractivity contribution in [1.29, 1.82) is 0 Å². The molecule has 1 fully saturated rings. The van der Waals surface area contributed by atoms with E-state index in [1.807, 2.05) is 0 Å². The van der Waals surface area contributed by atoms with Crippen LogP contribution in [0, 0.1) is 0 Å². The van der Waals surface area contributed by atoms with Gasteiger partial charge in [0.15, 0.2) is 0 Å². The number of ether oxygens (including phenoxy) is 1. The number of halogens is 3. The van der Waals surface area contributed by atoms with Crippen molar-refractivity contribution in [2.75, 3.05) is 13.7 Å². The topological polar surface area (TPSA) is 41.5 Å². The minimum atomic E-state index is -4.26. The van der Waals surface area contributed by atoms with E-state index < -0.39 is 17.8 Å². The zero-order chi connectivity index (χ0) is 14.1. The lowest BCUT2D eigenvalue weighted by molar-refractivity contribution is -0.166. The number of methoxy groups -OCH3 is 1. The van der Waals surface area contributed by atoms with E-state index in [0.717, 1.165) is 0 Å². The van der Waals surface area contributed by atoms with E-state index in [0.29, 0.717) is 11.3 Å². The van der Waals surface area contributed by atoms with Gasteiger partial charge in [-0.2, -0.15) is 13.2 Å². The quantitative estimate of drug-likeness (QED) is 0.867. The summed E-state index contributed by atoms with van der Waals surface area (Å²) >= 11 is 0. The summed E-state index contributed by atoms with van der Waals surface area (Å²) in [5, 5.41) is 12.3. The average molecular weight is 275 g/mol. The molecule has 0 aromatic heterocycles. The van der Waals surface area contributed by atoms with Crippen LogP contribution in [0.5, 0.6) is 5.75 Å². The van der Waals surface area contributed by atoms with Gasteiger partial charge in [0.2, 0.25) is 0 Å². The van der Waals surface area contributed by atoms with E-state index in [2.05, 4.69) is 5.32 Å². The smallest absolute Gasteiger partial charge is 0.406 e. The highest BCUT2D eigenvalue weighted by Crippen LogP contribution is 2.49. The summed E-state index contributed by atoms with van der Waals surface area (Å²) in [6, 6.07) is 6.60. The predicted molar refractivity (Wildman–Crippen MR) is 64.0 cm³/mol. The molecule has 1 aromatic carbocycles. The molecule has 3 nitrogen and oxygen atoms in total. The van der Waals surface area contributed by atoms with Crippen LogP contribution in [-0.4, -0.2) is 30.5 Å². The number of aliphatic hydroxyl groups excluding tert-OH is 1. The van der Waals surface area contributed by atoms with E-state index in [-0.39, 0.29) is 19.4 Å². The molecule has 0 aliphatic heterocycles. The highest BCUT2D eigenvalue weighted by atomic mass is 19.4. The molecule has 0 radical (unpaired) electrons. The average Bonchev–Trinajstić information content (AvgIpc) is 3.16. The Morgan fingerprint density at radius 2 is 1.89 bits per heavy atom. The van der Waals surface area contributed by atoms with Gasteiger partial charge in [0.25, 0.3) is 0 Å². The van der Waals surface area contributed by atoms with E-state index in [1.54, 1.807) is 24.3 Å². The van der Waals surface area contributed by atoms with Gasteiger partial charge >= 0.3 is 6.18 Å². The van der Waals surface area contributed by atoms with Gasteiger partial charge in [0.1, 0.15) is 11.3 Å². The first-order chi connectivity index (χ1) is 8.88. The molecule has 0 spiro atoms. The lowest BCUT2D eigenvalue weighted by Gasteiger charge is -2.22. The zero-order valence-corrected chi connectivity index (χ0v) is 10.5. The first kappa shape index (κ1) is 14.1. The van der Waals surface area contributed by atoms with E-state index >= 15 is 0 Å². The number of alkyl halides is 3. The van der Waals surface area contributed by atoms with Crippen molar-refractivity contribution in [2.45, 2.75) is 30.7 Å². The van der Waals surface area contributed by atoms with Gasteiger partial charge < -0.3 is 15.2 Å². The number of rotatable bonds is 5. The number of benzene rings is 1. The van der Waals surface area contributed by atoms with Crippen molar-refractivity contribution < 1.29 is 23.0 Å². The molecular weight excluding hydrogens is 259 g/mol. The van der Waals surface area contributed by atoms with Crippen LogP contribution in [-0.2, 0) is 0 Å². The fraction of sp³-hybridized carbons (Fsp3) is 0.538. The van der Waals surface area contributed by atoms with Crippen molar-refractivity contribution in [3.05, 3.63) is 29.8 Å². The zero-order valence-electron chi connectivity index (χ0n) is 10.5. The minimum absolute atomic E-state index is 0.0752. The van der Waals surface area contributed by atoms with E-state index in [1.165, 1.54) is 7.11 Å². The van der Waals surface area contributed by atoms with Gasteiger partial charge in [0, 0.05) is 6.54 Å². The predicted octanol–water partition coefficient (Wildman–Crippen LogP) is 2.41. The normalized spacial score (nSPS) is 19.0. The maximum absolute atomic E-state index is 12.7. The maximum atomic E-state index is 12.7. The molecule has 106 valence electrons. The summed E-state index contributed by atoms with van der Waals surface area (Å²) in [7, 11) is 1.52. The van der Waals surface area contributed by atoms with Gasteiger partial charge in [-0.25, -0.2) is 0 Å². The molecule has 19 heavy (non-hydrogen) atoms. The molecule has 0 amide bonds. The van der Waals surface area contributed by atoms with Gasteiger partial charge in [0.05, 0.1) is 13.2 Å². The van der Waals surface area contributed by atoms with Crippen molar-refractivity contribution in [3.63, 3.8) is 0 Å². The SMILES string of the molecule is COc1ccc(C(O)CNC2(C(F)(F)F)CC2)cc1. The van der Waals surface area contributed by atoms with Crippen LogP contribution in [0.2, 0.25) is 0 Å². The number of hydrogen-bond donors (Lipinski definition) is 2. The maximum Gasteiger partial charge on any atom is 0.406 e. The Kier molecular flexibility index (Phi) is 3.73. The molecule has 1 aliphatic rings. The lowest BCUT2D eigenvalue weighted by atomic mass is 10.1. The Bertz CT molecular complexity index is 427. The number of aliphatic hydroxyl groups is 1. The van der Waals surface area contributed by atoms with Gasteiger partial charge in [-0.05, 0) is 30.5 Å². The molecule has 2 rings (SSSR count).